The van der Waals surface area contributed by atoms with Crippen molar-refractivity contribution >= 4 is 144 Å². The second-order valence-corrected chi connectivity index (χ2v) is 47.6. The van der Waals surface area contributed by atoms with Crippen LogP contribution in [0.3, 0.4) is 0 Å². The second kappa shape index (κ2) is 42.8. The van der Waals surface area contributed by atoms with Crippen LogP contribution >= 0.6 is 72.9 Å². The maximum atomic E-state index is 13.5. The van der Waals surface area contributed by atoms with E-state index in [9.17, 15) is 14.0 Å². The Morgan fingerprint density at radius 3 is 1.64 bits per heavy atom. The number of pyridine rings is 4. The van der Waals surface area contributed by atoms with Crippen molar-refractivity contribution in [3.63, 3.8) is 0 Å². The van der Waals surface area contributed by atoms with Crippen LogP contribution in [-0.4, -0.2) is 87.5 Å². The zero-order valence-corrected chi connectivity index (χ0v) is 91.0. The molecule has 1 fully saturated rings. The summed E-state index contributed by atoms with van der Waals surface area (Å²) in [4.78, 5) is 69.3. The third kappa shape index (κ3) is 24.4. The molecule has 1 saturated carbocycles. The minimum atomic E-state index is -0.404. The summed E-state index contributed by atoms with van der Waals surface area (Å²) in [7, 11) is 5.05. The molecule has 17 rings (SSSR count). The number of anilines is 1. The Kier molecular flexibility index (Phi) is 33.0. The van der Waals surface area contributed by atoms with Crippen LogP contribution in [0.25, 0.3) is 97.9 Å². The van der Waals surface area contributed by atoms with Crippen LogP contribution in [0.4, 0.5) is 9.52 Å². The lowest BCUT2D eigenvalue weighted by Crippen LogP contribution is -2.35. The highest BCUT2D eigenvalue weighted by Gasteiger charge is 2.34. The summed E-state index contributed by atoms with van der Waals surface area (Å²) >= 11 is 16.3. The molecule has 2 aliphatic rings. The van der Waals surface area contributed by atoms with Gasteiger partial charge in [-0.05, 0) is 191 Å². The molecule has 0 atom stereocenters. The van der Waals surface area contributed by atoms with Gasteiger partial charge in [0.05, 0.1) is 95.0 Å². The first-order chi connectivity index (χ1) is 63.8. The lowest BCUT2D eigenvalue weighted by molar-refractivity contribution is -0.140. The van der Waals surface area contributed by atoms with Crippen molar-refractivity contribution in [1.29, 1.82) is 0 Å². The number of amides is 2. The number of fused-ring (bicyclic) bond motifs is 6. The fourth-order valence-electron chi connectivity index (χ4n) is 16.9. The number of methoxy groups -OCH3 is 3. The predicted molar refractivity (Wildman–Crippen MR) is 574 cm³/mol. The molecule has 0 bridgehead atoms. The van der Waals surface area contributed by atoms with Gasteiger partial charge >= 0.3 is 0 Å². The van der Waals surface area contributed by atoms with Crippen LogP contribution in [-0.2, 0) is 49.8 Å². The Labute approximate surface area is 834 Å². The molecule has 1 N–H and O–H groups in total. The van der Waals surface area contributed by atoms with Crippen molar-refractivity contribution < 1.29 is 28.2 Å². The summed E-state index contributed by atoms with van der Waals surface area (Å²) in [5.74, 6) is 4.90. The van der Waals surface area contributed by atoms with Crippen LogP contribution in [0.15, 0.2) is 147 Å². The van der Waals surface area contributed by atoms with Gasteiger partial charge in [-0.25, -0.2) is 44.3 Å². The number of nitrogens with zero attached hydrogens (tertiary/aromatic N) is 11. The van der Waals surface area contributed by atoms with E-state index >= 15 is 0 Å². The van der Waals surface area contributed by atoms with E-state index in [-0.39, 0.29) is 50.6 Å². The number of aryl methyl sites for hydroxylation is 2. The van der Waals surface area contributed by atoms with Crippen LogP contribution in [0.1, 0.15) is 303 Å². The lowest BCUT2D eigenvalue weighted by Gasteiger charge is -2.25. The van der Waals surface area contributed by atoms with Crippen molar-refractivity contribution in [3.8, 4) is 60.6 Å². The Morgan fingerprint density at radius 1 is 0.515 bits per heavy atom. The van der Waals surface area contributed by atoms with E-state index in [0.29, 0.717) is 47.6 Å². The van der Waals surface area contributed by atoms with Crippen molar-refractivity contribution in [3.05, 3.63) is 226 Å². The fourth-order valence-corrected chi connectivity index (χ4v) is 21.0. The van der Waals surface area contributed by atoms with E-state index in [1.165, 1.54) is 93.7 Å². The van der Waals surface area contributed by atoms with E-state index in [2.05, 4.69) is 272 Å². The number of imidazole rings is 1. The summed E-state index contributed by atoms with van der Waals surface area (Å²) in [6.07, 6.45) is 8.45. The summed E-state index contributed by atoms with van der Waals surface area (Å²) in [6.45, 7) is 60.8. The minimum Gasteiger partial charge on any atom is -0.497 e. The number of benzene rings is 6. The van der Waals surface area contributed by atoms with Gasteiger partial charge in [-0.1, -0.05) is 227 Å². The van der Waals surface area contributed by atoms with Gasteiger partial charge in [-0.15, -0.1) is 45.3 Å². The highest BCUT2D eigenvalue weighted by Crippen LogP contribution is 2.45. The zero-order chi connectivity index (χ0) is 99.5. The summed E-state index contributed by atoms with van der Waals surface area (Å²) < 4.78 is 33.1. The second-order valence-electron chi connectivity index (χ2n) is 43.0. The van der Waals surface area contributed by atoms with E-state index in [1.807, 2.05) is 82.5 Å². The molecule has 1 aliphatic carbocycles. The van der Waals surface area contributed by atoms with Crippen molar-refractivity contribution in [2.45, 2.75) is 290 Å². The first-order valence-corrected chi connectivity index (χ1v) is 51.9. The lowest BCUT2D eigenvalue weighted by atomic mass is 9.84. The summed E-state index contributed by atoms with van der Waals surface area (Å²) in [6, 6.07) is 38.8. The molecule has 24 heteroatoms. The molecular weight excluding hydrogens is 1860 g/mol. The summed E-state index contributed by atoms with van der Waals surface area (Å²) in [5, 5.41) is 21.4. The van der Waals surface area contributed by atoms with Gasteiger partial charge in [-0.3, -0.25) is 14.6 Å². The van der Waals surface area contributed by atoms with Crippen LogP contribution in [0.2, 0.25) is 5.02 Å². The number of aromatic nitrogens is 10. The smallest absolute Gasteiger partial charge is 0.228 e. The van der Waals surface area contributed by atoms with Crippen molar-refractivity contribution in [2.75, 3.05) is 26.6 Å². The molecule has 0 radical (unpaired) electrons. The molecule has 0 unspecified atom stereocenters. The number of hydrogen-bond acceptors (Lipinski definition) is 18. The number of carbonyl (C=O) groups is 2. The first-order valence-electron chi connectivity index (χ1n) is 47.2. The van der Waals surface area contributed by atoms with E-state index in [0.717, 1.165) is 142 Å². The maximum absolute atomic E-state index is 13.5. The fraction of sp³-hybridized carbons (Fsp3) is 0.438. The normalized spacial score (nSPS) is 13.3. The van der Waals surface area contributed by atoms with Gasteiger partial charge in [0.1, 0.15) is 49.6 Å². The molecule has 17 nitrogen and oxygen atoms in total. The number of ether oxygens (including phenoxy) is 3. The van der Waals surface area contributed by atoms with Crippen LogP contribution in [0, 0.1) is 31.0 Å². The number of hydrogen-bond donors (Lipinski definition) is 1. The molecule has 6 aromatic carbocycles. The highest BCUT2D eigenvalue weighted by molar-refractivity contribution is 9.10. The Morgan fingerprint density at radius 2 is 1.08 bits per heavy atom. The van der Waals surface area contributed by atoms with Crippen molar-refractivity contribution in [1.82, 2.24) is 54.3 Å². The molecule has 2 amide bonds. The predicted octanol–water partition coefficient (Wildman–Crippen LogP) is 32.2. The van der Waals surface area contributed by atoms with Gasteiger partial charge < -0.3 is 29.0 Å². The molecule has 720 valence electrons. The zero-order valence-electron chi connectivity index (χ0n) is 85.4. The van der Waals surface area contributed by atoms with Gasteiger partial charge in [-0.2, -0.15) is 0 Å². The van der Waals surface area contributed by atoms with Crippen LogP contribution in [0.5, 0.6) is 17.2 Å². The number of carbonyl (C=O) groups excluding carboxylic acids is 2. The van der Waals surface area contributed by atoms with Gasteiger partial charge in [0.25, 0.3) is 0 Å². The molecule has 0 saturated heterocycles. The molecule has 136 heavy (non-hydrogen) atoms. The third-order valence-corrected chi connectivity index (χ3v) is 29.1. The molecule has 15 aromatic rings. The quantitative estimate of drug-likeness (QED) is 0.114. The average molecular weight is 1990 g/mol. The van der Waals surface area contributed by atoms with E-state index < -0.39 is 5.41 Å². The Hall–Kier alpha value is -10.0. The minimum absolute atomic E-state index is 0.0106. The summed E-state index contributed by atoms with van der Waals surface area (Å²) in [5.41, 5.74) is 21.7. The molecular formula is C112H137BrClFN12O5S4. The Bertz CT molecular complexity index is 6810. The average Bonchev–Trinajstić information content (AvgIpc) is 1.52. The number of para-hydroxylation sites is 1. The molecule has 9 aromatic heterocycles. The standard InChI is InChI=1S/C23H31N3S.C21H24BrN3OS.C21H26N2OS.C20H24N2OS.C14H16ClNO.C13H16FNO/c1-15(2)26-19-13-9-12-17(20(19)25-22(26)23(3,4)5)21-24-18(14-27-21)16-10-7-6-8-11-16;1-11(2)19(26)25-20-24-16(10-27-20)15-9-14(21(4,5)6)13-8-7-12(3)17(22)18(13)23-15;1-12(2)17-11-25-20(23-17)16-10-15(21(4,5)6)14-8-9-18(24-7)13(3)19(14)22-16;1-12(2)18-11-24-19(22-18)17-10-15(20(3,4)5)14-8-7-13(23-6)9-16(14)21-17;1-14(2,3)13-11-7-9(15)5-6-10(11)12(17-4)8-16-13;1-13(2,3)12(16)15-7-9-5-4-6-11(14)10(9)8-15/h9,12-16H,6-8,10-11H2,1-5H3;7-11H,1-6H3,(H,24,25,26);8-12H,1-7H3;7-12H,1-6H3;5-8H,1-4H3;4-6H,7-8H2,1-3H3. The topological polar surface area (TPSA) is 198 Å². The SMILES string of the molecule is CC(C)(C)C(=O)N1Cc2cccc(F)c2C1.CC(C)n1c(C(C)(C)C)nc2c(-c3nc(C4CCCCC4)cs3)cccc21.COc1ccc2c(C(C)(C)C)cc(-c3nc(C(C)C)cs3)nc2c1.COc1ccc2c(C(C)(C)C)cc(-c3nc(C(C)C)cs3)nc2c1C.COc1cnc(C(C)(C)C)c2cc(Cl)ccc12.Cc1ccc2c(C(C)(C)C)cc(-c3csc(NC(=O)C(C)C)n3)nc2c1Br. The Balaban J connectivity index is 0.000000148. The molecule has 10 heterocycles. The first kappa shape index (κ1) is 105. The largest absolute Gasteiger partial charge is 0.497 e. The van der Waals surface area contributed by atoms with Gasteiger partial charge in [0, 0.05) is 128 Å². The van der Waals surface area contributed by atoms with Crippen molar-refractivity contribution in [2.24, 2.45) is 11.3 Å². The number of halogens is 3. The number of nitrogens with one attached hydrogen (secondary N) is 1. The van der Waals surface area contributed by atoms with Gasteiger partial charge in [0.2, 0.25) is 11.8 Å². The maximum Gasteiger partial charge on any atom is 0.228 e. The van der Waals surface area contributed by atoms with Crippen LogP contribution < -0.4 is 19.5 Å². The molecule has 0 spiro atoms. The third-order valence-electron chi connectivity index (χ3n) is 24.4. The molecule has 1 aliphatic heterocycles. The highest BCUT2D eigenvalue weighted by atomic mass is 79.9. The van der Waals surface area contributed by atoms with E-state index in [4.69, 9.17) is 60.7 Å². The monoisotopic (exact) mass is 1990 g/mol. The van der Waals surface area contributed by atoms with E-state index in [1.54, 1.807) is 72.5 Å². The van der Waals surface area contributed by atoms with Gasteiger partial charge in [0.15, 0.2) is 5.13 Å². The number of thiazole rings is 4. The number of rotatable bonds is 13.